The van der Waals surface area contributed by atoms with Crippen molar-refractivity contribution in [1.82, 2.24) is 0 Å². The zero-order valence-electron chi connectivity index (χ0n) is 7.90. The van der Waals surface area contributed by atoms with E-state index in [9.17, 15) is 4.79 Å². The van der Waals surface area contributed by atoms with Crippen LogP contribution in [0.3, 0.4) is 0 Å². The van der Waals surface area contributed by atoms with E-state index in [0.717, 1.165) is 13.5 Å². The minimum absolute atomic E-state index is 0.129. The fraction of sp³-hybridized carbons (Fsp3) is 0. The molecule has 3 heterocycles. The smallest absolute Gasteiger partial charge is 0.212 e. The highest BCUT2D eigenvalue weighted by Gasteiger charge is 2.14. The molecular weight excluding hydrogens is 324 g/mol. The van der Waals surface area contributed by atoms with Crippen molar-refractivity contribution in [3.05, 3.63) is 43.2 Å². The second-order valence-corrected chi connectivity index (χ2v) is 7.69. The van der Waals surface area contributed by atoms with Gasteiger partial charge in [0.25, 0.3) is 0 Å². The number of halogens is 1. The van der Waals surface area contributed by atoms with Gasteiger partial charge in [-0.05, 0) is 45.6 Å². The van der Waals surface area contributed by atoms with Gasteiger partial charge in [0.15, 0.2) is 0 Å². The van der Waals surface area contributed by atoms with Crippen LogP contribution in [0.2, 0.25) is 0 Å². The highest BCUT2D eigenvalue weighted by Crippen LogP contribution is 2.33. The number of rotatable bonds is 2. The van der Waals surface area contributed by atoms with Gasteiger partial charge in [-0.25, -0.2) is 0 Å². The van der Waals surface area contributed by atoms with E-state index in [-0.39, 0.29) is 5.78 Å². The Morgan fingerprint density at radius 1 is 1.06 bits per heavy atom. The molecule has 0 unspecified atom stereocenters. The molecule has 3 rings (SSSR count). The second kappa shape index (κ2) is 4.07. The SMILES string of the molecule is O=C(c1ccc(Br)s1)c1cc2sccc2s1. The molecule has 3 aromatic heterocycles. The zero-order valence-corrected chi connectivity index (χ0v) is 11.9. The number of fused-ring (bicyclic) bond motifs is 1. The minimum atomic E-state index is 0.129. The molecule has 0 aliphatic carbocycles. The van der Waals surface area contributed by atoms with Crippen molar-refractivity contribution in [3.63, 3.8) is 0 Å². The summed E-state index contributed by atoms with van der Waals surface area (Å²) in [6, 6.07) is 7.82. The van der Waals surface area contributed by atoms with Gasteiger partial charge < -0.3 is 0 Å². The van der Waals surface area contributed by atoms with Gasteiger partial charge in [-0.15, -0.1) is 34.0 Å². The molecule has 80 valence electrons. The van der Waals surface area contributed by atoms with Crippen LogP contribution >= 0.6 is 49.9 Å². The molecule has 1 nitrogen and oxygen atoms in total. The maximum atomic E-state index is 12.1. The Labute approximate surface area is 112 Å². The molecule has 0 atom stereocenters. The summed E-state index contributed by atoms with van der Waals surface area (Å²) < 4.78 is 3.39. The number of carbonyl (C=O) groups is 1. The third kappa shape index (κ3) is 1.78. The highest BCUT2D eigenvalue weighted by molar-refractivity contribution is 9.11. The number of hydrogen-bond acceptors (Lipinski definition) is 4. The average Bonchev–Trinajstić information content (AvgIpc) is 2.89. The standard InChI is InChI=1S/C11H5BrOS3/c12-10-2-1-7(16-10)11(13)9-5-8-6(15-9)3-4-14-8/h1-5H. The van der Waals surface area contributed by atoms with Crippen molar-refractivity contribution < 1.29 is 4.79 Å². The predicted molar refractivity (Wildman–Crippen MR) is 75.2 cm³/mol. The van der Waals surface area contributed by atoms with E-state index in [1.807, 2.05) is 18.2 Å². The molecule has 0 N–H and O–H groups in total. The first-order valence-corrected chi connectivity index (χ1v) is 7.82. The number of hydrogen-bond donors (Lipinski definition) is 0. The monoisotopic (exact) mass is 328 g/mol. The van der Waals surface area contributed by atoms with Crippen molar-refractivity contribution in [2.45, 2.75) is 0 Å². The van der Waals surface area contributed by atoms with Gasteiger partial charge in [-0.2, -0.15) is 0 Å². The summed E-state index contributed by atoms with van der Waals surface area (Å²) in [4.78, 5) is 13.8. The van der Waals surface area contributed by atoms with Crippen LogP contribution in [0.25, 0.3) is 9.40 Å². The quantitative estimate of drug-likeness (QED) is 0.604. The number of carbonyl (C=O) groups excluding carboxylic acids is 1. The lowest BCUT2D eigenvalue weighted by Crippen LogP contribution is -1.93. The molecule has 0 saturated heterocycles. The summed E-state index contributed by atoms with van der Waals surface area (Å²) >= 11 is 8.10. The number of thiophene rings is 3. The van der Waals surface area contributed by atoms with Crippen LogP contribution in [-0.4, -0.2) is 5.78 Å². The second-order valence-electron chi connectivity index (χ2n) is 3.19. The molecule has 0 aliphatic heterocycles. The molecule has 0 bridgehead atoms. The third-order valence-corrected chi connectivity index (χ3v) is 5.87. The van der Waals surface area contributed by atoms with E-state index < -0.39 is 0 Å². The van der Waals surface area contributed by atoms with Gasteiger partial charge in [-0.1, -0.05) is 0 Å². The molecule has 0 amide bonds. The summed E-state index contributed by atoms with van der Waals surface area (Å²) in [5.74, 6) is 0.129. The summed E-state index contributed by atoms with van der Waals surface area (Å²) in [6.45, 7) is 0. The minimum Gasteiger partial charge on any atom is -0.287 e. The first-order valence-electron chi connectivity index (χ1n) is 4.51. The fourth-order valence-corrected chi connectivity index (χ4v) is 4.90. The topological polar surface area (TPSA) is 17.1 Å². The van der Waals surface area contributed by atoms with Gasteiger partial charge in [-0.3, -0.25) is 4.79 Å². The van der Waals surface area contributed by atoms with Crippen molar-refractivity contribution in [3.8, 4) is 0 Å². The summed E-state index contributed by atoms with van der Waals surface area (Å²) in [5, 5.41) is 2.05. The molecule has 0 fully saturated rings. The summed E-state index contributed by atoms with van der Waals surface area (Å²) in [5.41, 5.74) is 0. The lowest BCUT2D eigenvalue weighted by molar-refractivity contribution is 0.104. The van der Waals surface area contributed by atoms with E-state index in [4.69, 9.17) is 0 Å². The Bertz CT molecular complexity index is 633. The Morgan fingerprint density at radius 2 is 1.94 bits per heavy atom. The van der Waals surface area contributed by atoms with E-state index in [1.165, 1.54) is 20.7 Å². The lowest BCUT2D eigenvalue weighted by Gasteiger charge is -1.90. The lowest BCUT2D eigenvalue weighted by atomic mass is 10.3. The number of ketones is 1. The first kappa shape index (κ1) is 10.7. The van der Waals surface area contributed by atoms with Crippen LogP contribution in [0.5, 0.6) is 0 Å². The van der Waals surface area contributed by atoms with Gasteiger partial charge in [0, 0.05) is 9.40 Å². The van der Waals surface area contributed by atoms with E-state index in [1.54, 1.807) is 22.7 Å². The molecule has 0 saturated carbocycles. The van der Waals surface area contributed by atoms with Crippen molar-refractivity contribution in [1.29, 1.82) is 0 Å². The van der Waals surface area contributed by atoms with Gasteiger partial charge in [0.1, 0.15) is 0 Å². The van der Waals surface area contributed by atoms with E-state index >= 15 is 0 Å². The molecule has 3 aromatic rings. The van der Waals surface area contributed by atoms with Crippen molar-refractivity contribution >= 4 is 65.1 Å². The highest BCUT2D eigenvalue weighted by atomic mass is 79.9. The van der Waals surface area contributed by atoms with E-state index in [2.05, 4.69) is 27.4 Å². The van der Waals surface area contributed by atoms with Gasteiger partial charge in [0.05, 0.1) is 13.5 Å². The Kier molecular flexibility index (Phi) is 2.71. The predicted octanol–water partition coefficient (Wildman–Crippen LogP) is 5.02. The van der Waals surface area contributed by atoms with Crippen LogP contribution in [0.15, 0.2) is 33.4 Å². The third-order valence-electron chi connectivity index (χ3n) is 2.16. The molecule has 0 aromatic carbocycles. The largest absolute Gasteiger partial charge is 0.287 e. The van der Waals surface area contributed by atoms with Crippen molar-refractivity contribution in [2.75, 3.05) is 0 Å². The maximum Gasteiger partial charge on any atom is 0.212 e. The molecule has 0 spiro atoms. The molecule has 0 radical (unpaired) electrons. The van der Waals surface area contributed by atoms with Gasteiger partial charge >= 0.3 is 0 Å². The average molecular weight is 329 g/mol. The van der Waals surface area contributed by atoms with Crippen LogP contribution in [-0.2, 0) is 0 Å². The van der Waals surface area contributed by atoms with Crippen LogP contribution in [0.4, 0.5) is 0 Å². The van der Waals surface area contributed by atoms with Crippen LogP contribution in [0, 0.1) is 0 Å². The molecule has 16 heavy (non-hydrogen) atoms. The first-order chi connectivity index (χ1) is 7.74. The summed E-state index contributed by atoms with van der Waals surface area (Å²) in [6.07, 6.45) is 0. The van der Waals surface area contributed by atoms with Crippen LogP contribution in [0.1, 0.15) is 14.5 Å². The van der Waals surface area contributed by atoms with Crippen molar-refractivity contribution in [2.24, 2.45) is 0 Å². The Morgan fingerprint density at radius 3 is 2.62 bits per heavy atom. The zero-order chi connectivity index (χ0) is 11.1. The normalized spacial score (nSPS) is 11.1. The molecule has 0 aliphatic rings. The molecule has 5 heteroatoms. The van der Waals surface area contributed by atoms with Crippen LogP contribution < -0.4 is 0 Å². The fourth-order valence-electron chi connectivity index (χ4n) is 1.44. The molecular formula is C11H5BrOS3. The van der Waals surface area contributed by atoms with Gasteiger partial charge in [0.2, 0.25) is 5.78 Å². The maximum absolute atomic E-state index is 12.1. The van der Waals surface area contributed by atoms with E-state index in [0.29, 0.717) is 0 Å². The Hall–Kier alpha value is -0.490. The summed E-state index contributed by atoms with van der Waals surface area (Å²) in [7, 11) is 0. The Balaban J connectivity index is 2.04.